The lowest BCUT2D eigenvalue weighted by Crippen LogP contribution is -2.43. The molecule has 3 aromatic rings. The van der Waals surface area contributed by atoms with Crippen molar-refractivity contribution in [1.29, 1.82) is 5.26 Å². The van der Waals surface area contributed by atoms with E-state index in [4.69, 9.17) is 28.5 Å². The fourth-order valence-corrected chi connectivity index (χ4v) is 4.39. The summed E-state index contributed by atoms with van der Waals surface area (Å²) in [5.41, 5.74) is -1.74. The lowest BCUT2D eigenvalue weighted by Gasteiger charge is -2.29. The summed E-state index contributed by atoms with van der Waals surface area (Å²) in [4.78, 5) is 28.7. The van der Waals surface area contributed by atoms with Crippen LogP contribution >= 0.6 is 23.2 Å². The number of amides is 3. The zero-order valence-electron chi connectivity index (χ0n) is 19.5. The zero-order valence-corrected chi connectivity index (χ0v) is 21.0. The quantitative estimate of drug-likeness (QED) is 0.339. The molecule has 0 radical (unpaired) electrons. The number of nitriles is 1. The Morgan fingerprint density at radius 1 is 1.03 bits per heavy atom. The summed E-state index contributed by atoms with van der Waals surface area (Å²) in [5.74, 6) is -0.704. The van der Waals surface area contributed by atoms with Gasteiger partial charge in [-0.15, -0.1) is 0 Å². The number of rotatable bonds is 5. The van der Waals surface area contributed by atoms with Gasteiger partial charge in [-0.2, -0.15) is 18.4 Å². The maximum absolute atomic E-state index is 13.5. The van der Waals surface area contributed by atoms with Crippen LogP contribution in [0, 0.1) is 11.3 Å². The Morgan fingerprint density at radius 2 is 1.70 bits per heavy atom. The molecule has 37 heavy (non-hydrogen) atoms. The van der Waals surface area contributed by atoms with E-state index in [9.17, 15) is 22.8 Å². The highest BCUT2D eigenvalue weighted by Gasteiger charge is 2.52. The predicted molar refractivity (Wildman–Crippen MR) is 135 cm³/mol. The Morgan fingerprint density at radius 3 is 2.32 bits per heavy atom. The molecule has 0 aliphatic carbocycles. The number of urea groups is 1. The Hall–Kier alpha value is -3.74. The van der Waals surface area contributed by atoms with Gasteiger partial charge in [0.05, 0.1) is 40.1 Å². The Balaban J connectivity index is 1.70. The molecule has 1 N–H and O–H groups in total. The molecule has 0 spiro atoms. The third-order valence-electron chi connectivity index (χ3n) is 6.05. The molecule has 4 rings (SSSR count). The standard InChI is InChI=1S/C26H19Cl2F3N4O2/c1-25(2)23(36)35(19-11-6-15(13-32)20(12-19)26(29,30)31)24(37)34(25)14-16-4-3-5-21(28)22(16)33-18-9-7-17(27)8-10-18/h3-12,33H,14H2,1-2H3. The number of halogens is 5. The van der Waals surface area contributed by atoms with Crippen molar-refractivity contribution in [2.45, 2.75) is 32.1 Å². The number of carbonyl (C=O) groups is 2. The van der Waals surface area contributed by atoms with Crippen LogP contribution in [0.4, 0.5) is 35.0 Å². The van der Waals surface area contributed by atoms with E-state index in [0.717, 1.165) is 12.1 Å². The monoisotopic (exact) mass is 546 g/mol. The van der Waals surface area contributed by atoms with Gasteiger partial charge in [-0.05, 0) is 67.9 Å². The fraction of sp³-hybridized carbons (Fsp3) is 0.192. The van der Waals surface area contributed by atoms with E-state index >= 15 is 0 Å². The summed E-state index contributed by atoms with van der Waals surface area (Å²) in [5, 5.41) is 13.2. The molecule has 0 unspecified atom stereocenters. The van der Waals surface area contributed by atoms with Crippen molar-refractivity contribution in [2.24, 2.45) is 0 Å². The van der Waals surface area contributed by atoms with Crippen molar-refractivity contribution in [3.05, 3.63) is 87.4 Å². The van der Waals surface area contributed by atoms with Gasteiger partial charge in [-0.25, -0.2) is 9.69 Å². The van der Waals surface area contributed by atoms with Gasteiger partial charge in [0.2, 0.25) is 0 Å². The van der Waals surface area contributed by atoms with Crippen LogP contribution in [0.5, 0.6) is 0 Å². The second-order valence-corrected chi connectivity index (χ2v) is 9.66. The summed E-state index contributed by atoms with van der Waals surface area (Å²) < 4.78 is 40.6. The van der Waals surface area contributed by atoms with Crippen LogP contribution in [-0.4, -0.2) is 22.4 Å². The van der Waals surface area contributed by atoms with Crippen LogP contribution in [0.15, 0.2) is 60.7 Å². The minimum atomic E-state index is -4.84. The molecule has 1 aliphatic rings. The van der Waals surface area contributed by atoms with Crippen molar-refractivity contribution in [2.75, 3.05) is 10.2 Å². The van der Waals surface area contributed by atoms with Crippen molar-refractivity contribution in [3.8, 4) is 6.07 Å². The SMILES string of the molecule is CC1(C)C(=O)N(c2ccc(C#N)c(C(F)(F)F)c2)C(=O)N1Cc1cccc(Cl)c1Nc1ccc(Cl)cc1. The van der Waals surface area contributed by atoms with Crippen molar-refractivity contribution in [1.82, 2.24) is 4.90 Å². The van der Waals surface area contributed by atoms with E-state index in [2.05, 4.69) is 5.32 Å². The molecule has 6 nitrogen and oxygen atoms in total. The van der Waals surface area contributed by atoms with Crippen LogP contribution in [0.2, 0.25) is 10.0 Å². The van der Waals surface area contributed by atoms with Crippen molar-refractivity contribution in [3.63, 3.8) is 0 Å². The number of nitrogens with zero attached hydrogens (tertiary/aromatic N) is 3. The topological polar surface area (TPSA) is 76.4 Å². The largest absolute Gasteiger partial charge is 0.417 e. The van der Waals surface area contributed by atoms with Gasteiger partial charge in [-0.3, -0.25) is 4.79 Å². The Kier molecular flexibility index (Phi) is 6.84. The number of imide groups is 1. The van der Waals surface area contributed by atoms with Crippen LogP contribution in [-0.2, 0) is 17.5 Å². The first-order valence-corrected chi connectivity index (χ1v) is 11.7. The molecule has 11 heteroatoms. The zero-order chi connectivity index (χ0) is 27.1. The average Bonchev–Trinajstić information content (AvgIpc) is 3.00. The third-order valence-corrected chi connectivity index (χ3v) is 6.62. The second kappa shape index (κ2) is 9.61. The summed E-state index contributed by atoms with van der Waals surface area (Å²) in [6, 6.07) is 15.4. The lowest BCUT2D eigenvalue weighted by molar-refractivity contribution is -0.137. The predicted octanol–water partition coefficient (Wildman–Crippen LogP) is 7.37. The minimum Gasteiger partial charge on any atom is -0.354 e. The molecule has 0 bridgehead atoms. The molecule has 0 saturated carbocycles. The van der Waals surface area contributed by atoms with Gasteiger partial charge < -0.3 is 10.2 Å². The highest BCUT2D eigenvalue weighted by Crippen LogP contribution is 2.39. The number of hydrogen-bond acceptors (Lipinski definition) is 4. The molecule has 1 heterocycles. The van der Waals surface area contributed by atoms with Crippen LogP contribution < -0.4 is 10.2 Å². The van der Waals surface area contributed by atoms with Gasteiger partial charge in [0.25, 0.3) is 5.91 Å². The van der Waals surface area contributed by atoms with Gasteiger partial charge in [0.1, 0.15) is 5.54 Å². The minimum absolute atomic E-state index is 0.0625. The number of carbonyl (C=O) groups excluding carboxylic acids is 2. The lowest BCUT2D eigenvalue weighted by atomic mass is 10.0. The molecular weight excluding hydrogens is 528 g/mol. The third kappa shape index (κ3) is 4.95. The van der Waals surface area contributed by atoms with E-state index < -0.39 is 34.8 Å². The van der Waals surface area contributed by atoms with E-state index in [1.807, 2.05) is 0 Å². The summed E-state index contributed by atoms with van der Waals surface area (Å²) in [6.45, 7) is 2.96. The molecule has 3 aromatic carbocycles. The average molecular weight is 547 g/mol. The van der Waals surface area contributed by atoms with E-state index in [1.54, 1.807) is 42.5 Å². The number of benzene rings is 3. The van der Waals surface area contributed by atoms with Crippen LogP contribution in [0.3, 0.4) is 0 Å². The van der Waals surface area contributed by atoms with Gasteiger partial charge in [-0.1, -0.05) is 35.3 Å². The van der Waals surface area contributed by atoms with E-state index in [0.29, 0.717) is 37.9 Å². The molecule has 1 saturated heterocycles. The van der Waals surface area contributed by atoms with Crippen LogP contribution in [0.25, 0.3) is 0 Å². The highest BCUT2D eigenvalue weighted by atomic mass is 35.5. The number of nitrogens with one attached hydrogen (secondary N) is 1. The maximum atomic E-state index is 13.5. The summed E-state index contributed by atoms with van der Waals surface area (Å²) >= 11 is 12.4. The number of hydrogen-bond donors (Lipinski definition) is 1. The van der Waals surface area contributed by atoms with E-state index in [1.165, 1.54) is 24.8 Å². The number of alkyl halides is 3. The normalized spacial score (nSPS) is 15.2. The molecule has 1 aliphatic heterocycles. The highest BCUT2D eigenvalue weighted by molar-refractivity contribution is 6.33. The number of para-hydroxylation sites is 1. The molecule has 0 atom stereocenters. The first-order valence-electron chi connectivity index (χ1n) is 10.9. The maximum Gasteiger partial charge on any atom is 0.417 e. The van der Waals surface area contributed by atoms with Crippen LogP contribution in [0.1, 0.15) is 30.5 Å². The first kappa shape index (κ1) is 26.3. The first-order chi connectivity index (χ1) is 17.3. The smallest absolute Gasteiger partial charge is 0.354 e. The van der Waals surface area contributed by atoms with Gasteiger partial charge >= 0.3 is 12.2 Å². The summed E-state index contributed by atoms with van der Waals surface area (Å²) in [7, 11) is 0. The van der Waals surface area contributed by atoms with Crippen molar-refractivity contribution >= 4 is 52.2 Å². The second-order valence-electron chi connectivity index (χ2n) is 8.81. The Bertz CT molecular complexity index is 1430. The number of anilines is 3. The molecule has 0 aromatic heterocycles. The van der Waals surface area contributed by atoms with Gasteiger partial charge in [0.15, 0.2) is 0 Å². The Labute approximate surface area is 220 Å². The molecule has 3 amide bonds. The molecule has 190 valence electrons. The molecule has 1 fully saturated rings. The van der Waals surface area contributed by atoms with Crippen molar-refractivity contribution < 1.29 is 22.8 Å². The summed E-state index contributed by atoms with van der Waals surface area (Å²) in [6.07, 6.45) is -4.84. The van der Waals surface area contributed by atoms with Gasteiger partial charge in [0, 0.05) is 10.7 Å². The fourth-order valence-electron chi connectivity index (χ4n) is 4.02. The van der Waals surface area contributed by atoms with E-state index in [-0.39, 0.29) is 12.2 Å². The molecular formula is C26H19Cl2F3N4O2.